The topological polar surface area (TPSA) is 81.2 Å². The lowest BCUT2D eigenvalue weighted by Crippen LogP contribution is -2.11. The van der Waals surface area contributed by atoms with Crippen LogP contribution in [0.1, 0.15) is 19.8 Å². The first-order valence-corrected chi connectivity index (χ1v) is 8.64. The van der Waals surface area contributed by atoms with Gasteiger partial charge in [-0.2, -0.15) is 0 Å². The van der Waals surface area contributed by atoms with Crippen molar-refractivity contribution in [2.24, 2.45) is 0 Å². The van der Waals surface area contributed by atoms with Crippen molar-refractivity contribution in [3.63, 3.8) is 0 Å². The molecule has 0 spiro atoms. The number of rotatable bonds is 6. The van der Waals surface area contributed by atoms with Gasteiger partial charge in [0.05, 0.1) is 18.1 Å². The second-order valence-corrected chi connectivity index (χ2v) is 6.72. The van der Waals surface area contributed by atoms with E-state index in [1.165, 1.54) is 0 Å². The van der Waals surface area contributed by atoms with Crippen LogP contribution in [0.15, 0.2) is 23.2 Å². The van der Waals surface area contributed by atoms with E-state index >= 15 is 0 Å². The van der Waals surface area contributed by atoms with Crippen LogP contribution in [-0.4, -0.2) is 38.3 Å². The molecule has 1 heterocycles. The average molecular weight is 309 g/mol. The summed E-state index contributed by atoms with van der Waals surface area (Å²) in [6, 6.07) is 5.21. The molecule has 21 heavy (non-hydrogen) atoms. The van der Waals surface area contributed by atoms with Gasteiger partial charge >= 0.3 is 0 Å². The molecule has 0 amide bonds. The molecule has 0 aliphatic heterocycles. The third-order valence-corrected chi connectivity index (χ3v) is 4.00. The summed E-state index contributed by atoms with van der Waals surface area (Å²) < 4.78 is 28.9. The second-order valence-electron chi connectivity index (χ2n) is 4.78. The van der Waals surface area contributed by atoms with Crippen LogP contribution < -0.4 is 10.1 Å². The standard InChI is InChI=1S/C14H19N3O3S/c1-4-5-8-15-13-14(21(3,18)19)17-12-9-10(20-2)6-7-11(12)16-13/h6-7,9H,4-5,8H2,1-3H3,(H,15,16). The Balaban J connectivity index is 2.54. The van der Waals surface area contributed by atoms with E-state index in [1.54, 1.807) is 25.3 Å². The molecule has 2 aromatic rings. The molecule has 0 atom stereocenters. The number of hydrogen-bond acceptors (Lipinski definition) is 6. The highest BCUT2D eigenvalue weighted by Gasteiger charge is 2.18. The molecule has 6 nitrogen and oxygen atoms in total. The molecule has 0 bridgehead atoms. The van der Waals surface area contributed by atoms with Gasteiger partial charge < -0.3 is 10.1 Å². The predicted molar refractivity (Wildman–Crippen MR) is 82.6 cm³/mol. The van der Waals surface area contributed by atoms with Crippen LogP contribution >= 0.6 is 0 Å². The summed E-state index contributed by atoms with van der Waals surface area (Å²) in [7, 11) is -1.91. The van der Waals surface area contributed by atoms with E-state index < -0.39 is 9.84 Å². The molecular weight excluding hydrogens is 290 g/mol. The third-order valence-electron chi connectivity index (χ3n) is 3.01. The fourth-order valence-corrected chi connectivity index (χ4v) is 2.64. The van der Waals surface area contributed by atoms with Gasteiger partial charge in [-0.15, -0.1) is 0 Å². The highest BCUT2D eigenvalue weighted by atomic mass is 32.2. The number of ether oxygens (including phenoxy) is 1. The predicted octanol–water partition coefficient (Wildman–Crippen LogP) is 2.25. The van der Waals surface area contributed by atoms with E-state index in [0.717, 1.165) is 19.1 Å². The lowest BCUT2D eigenvalue weighted by molar-refractivity contribution is 0.415. The number of benzene rings is 1. The van der Waals surface area contributed by atoms with E-state index in [1.807, 2.05) is 0 Å². The lowest BCUT2D eigenvalue weighted by Gasteiger charge is -2.10. The van der Waals surface area contributed by atoms with E-state index in [-0.39, 0.29) is 5.03 Å². The zero-order chi connectivity index (χ0) is 15.5. The molecule has 0 unspecified atom stereocenters. The van der Waals surface area contributed by atoms with Gasteiger partial charge in [-0.1, -0.05) is 13.3 Å². The van der Waals surface area contributed by atoms with Crippen molar-refractivity contribution in [3.05, 3.63) is 18.2 Å². The number of fused-ring (bicyclic) bond motifs is 1. The van der Waals surface area contributed by atoms with Crippen molar-refractivity contribution in [2.75, 3.05) is 25.2 Å². The van der Waals surface area contributed by atoms with Crippen molar-refractivity contribution in [1.82, 2.24) is 9.97 Å². The molecule has 114 valence electrons. The number of unbranched alkanes of at least 4 members (excludes halogenated alkanes) is 1. The smallest absolute Gasteiger partial charge is 0.198 e. The summed E-state index contributed by atoms with van der Waals surface area (Å²) in [4.78, 5) is 8.62. The van der Waals surface area contributed by atoms with E-state index in [4.69, 9.17) is 4.74 Å². The van der Waals surface area contributed by atoms with Crippen LogP contribution in [0.2, 0.25) is 0 Å². The summed E-state index contributed by atoms with van der Waals surface area (Å²) in [5.74, 6) is 0.923. The van der Waals surface area contributed by atoms with Crippen LogP contribution in [0.4, 0.5) is 5.82 Å². The first-order valence-electron chi connectivity index (χ1n) is 6.75. The molecule has 0 saturated heterocycles. The summed E-state index contributed by atoms with van der Waals surface area (Å²) in [6.07, 6.45) is 3.08. The van der Waals surface area contributed by atoms with Crippen molar-refractivity contribution in [3.8, 4) is 5.75 Å². The van der Waals surface area contributed by atoms with Crippen molar-refractivity contribution in [2.45, 2.75) is 24.8 Å². The van der Waals surface area contributed by atoms with Crippen LogP contribution in [0, 0.1) is 0 Å². The van der Waals surface area contributed by atoms with Crippen molar-refractivity contribution >= 4 is 26.7 Å². The first-order chi connectivity index (χ1) is 9.95. The van der Waals surface area contributed by atoms with Gasteiger partial charge in [-0.3, -0.25) is 0 Å². The Bertz CT molecular complexity index is 744. The largest absolute Gasteiger partial charge is 0.497 e. The number of nitrogens with one attached hydrogen (secondary N) is 1. The normalized spacial score (nSPS) is 11.6. The fourth-order valence-electron chi connectivity index (χ4n) is 1.90. The summed E-state index contributed by atoms with van der Waals surface area (Å²) in [5.41, 5.74) is 1.12. The van der Waals surface area contributed by atoms with Crippen LogP contribution in [0.3, 0.4) is 0 Å². The number of anilines is 1. The van der Waals surface area contributed by atoms with Gasteiger partial charge in [-0.25, -0.2) is 18.4 Å². The molecule has 1 aromatic heterocycles. The molecule has 2 rings (SSSR count). The Morgan fingerprint density at radius 1 is 1.24 bits per heavy atom. The molecule has 0 radical (unpaired) electrons. The second kappa shape index (κ2) is 6.26. The molecule has 0 saturated carbocycles. The number of aromatic nitrogens is 2. The molecular formula is C14H19N3O3S. The fraction of sp³-hybridized carbons (Fsp3) is 0.429. The van der Waals surface area contributed by atoms with Gasteiger partial charge in [-0.05, 0) is 18.6 Å². The number of sulfone groups is 1. The molecule has 7 heteroatoms. The third kappa shape index (κ3) is 3.60. The molecule has 1 N–H and O–H groups in total. The van der Waals surface area contributed by atoms with Crippen LogP contribution in [-0.2, 0) is 9.84 Å². The van der Waals surface area contributed by atoms with Crippen molar-refractivity contribution < 1.29 is 13.2 Å². The van der Waals surface area contributed by atoms with Gasteiger partial charge in [0.2, 0.25) is 0 Å². The lowest BCUT2D eigenvalue weighted by atomic mass is 10.3. The number of hydrogen-bond donors (Lipinski definition) is 1. The van der Waals surface area contributed by atoms with Gasteiger partial charge in [0.1, 0.15) is 5.75 Å². The number of methoxy groups -OCH3 is 1. The van der Waals surface area contributed by atoms with E-state index in [9.17, 15) is 8.42 Å². The Morgan fingerprint density at radius 3 is 2.62 bits per heavy atom. The highest BCUT2D eigenvalue weighted by molar-refractivity contribution is 7.90. The van der Waals surface area contributed by atoms with Crippen LogP contribution in [0.25, 0.3) is 11.0 Å². The summed E-state index contributed by atoms with van der Waals surface area (Å²) in [5, 5.41) is 3.03. The summed E-state index contributed by atoms with van der Waals surface area (Å²) in [6.45, 7) is 2.73. The van der Waals surface area contributed by atoms with Gasteiger partial charge in [0.15, 0.2) is 20.7 Å². The highest BCUT2D eigenvalue weighted by Crippen LogP contribution is 2.24. The minimum atomic E-state index is -3.46. The molecule has 0 aliphatic carbocycles. The Kier molecular flexibility index (Phi) is 4.62. The Labute approximate surface area is 124 Å². The van der Waals surface area contributed by atoms with Gasteiger partial charge in [0, 0.05) is 18.9 Å². The zero-order valence-electron chi connectivity index (χ0n) is 12.4. The van der Waals surface area contributed by atoms with Crippen LogP contribution in [0.5, 0.6) is 5.75 Å². The van der Waals surface area contributed by atoms with Crippen molar-refractivity contribution in [1.29, 1.82) is 0 Å². The maximum Gasteiger partial charge on any atom is 0.198 e. The molecule has 1 aromatic carbocycles. The average Bonchev–Trinajstić information content (AvgIpc) is 2.45. The summed E-state index contributed by atoms with van der Waals surface area (Å²) >= 11 is 0. The molecule has 0 aliphatic rings. The Hall–Kier alpha value is -1.89. The number of nitrogens with zero attached hydrogens (tertiary/aromatic N) is 2. The SMILES string of the molecule is CCCCNc1nc2ccc(OC)cc2nc1S(C)(=O)=O. The monoisotopic (exact) mass is 309 g/mol. The first kappa shape index (κ1) is 15.5. The zero-order valence-corrected chi connectivity index (χ0v) is 13.2. The molecule has 0 fully saturated rings. The Morgan fingerprint density at radius 2 is 2.00 bits per heavy atom. The minimum absolute atomic E-state index is 0.0284. The van der Waals surface area contributed by atoms with E-state index in [0.29, 0.717) is 29.1 Å². The quantitative estimate of drug-likeness (QED) is 0.824. The minimum Gasteiger partial charge on any atom is -0.497 e. The van der Waals surface area contributed by atoms with E-state index in [2.05, 4.69) is 22.2 Å². The maximum absolute atomic E-state index is 11.9. The van der Waals surface area contributed by atoms with Gasteiger partial charge in [0.25, 0.3) is 0 Å². The maximum atomic E-state index is 11.9.